The molecule has 4 rings (SSSR count). The van der Waals surface area contributed by atoms with Gasteiger partial charge in [-0.3, -0.25) is 9.48 Å². The topological polar surface area (TPSA) is 115 Å². The lowest BCUT2D eigenvalue weighted by Gasteiger charge is -2.27. The summed E-state index contributed by atoms with van der Waals surface area (Å²) in [5, 5.41) is 15.0. The molecule has 0 saturated carbocycles. The van der Waals surface area contributed by atoms with Crippen molar-refractivity contribution >= 4 is 11.7 Å². The molecular weight excluding hydrogens is 334 g/mol. The minimum Gasteiger partial charge on any atom is -0.384 e. The average Bonchev–Trinajstić information content (AvgIpc) is 3.26. The van der Waals surface area contributed by atoms with E-state index in [1.54, 1.807) is 34.0 Å². The first-order valence-electron chi connectivity index (χ1n) is 8.25. The van der Waals surface area contributed by atoms with Gasteiger partial charge in [0.25, 0.3) is 5.91 Å². The van der Waals surface area contributed by atoms with E-state index >= 15 is 0 Å². The molecule has 1 amide bonds. The van der Waals surface area contributed by atoms with Crippen molar-refractivity contribution in [2.45, 2.75) is 19.2 Å². The highest BCUT2D eigenvalue weighted by Gasteiger charge is 2.26. The number of aliphatic hydroxyl groups is 1. The van der Waals surface area contributed by atoms with Gasteiger partial charge in [-0.2, -0.15) is 5.10 Å². The third kappa shape index (κ3) is 2.82. The number of imidazole rings is 1. The van der Waals surface area contributed by atoms with Gasteiger partial charge in [-0.15, -0.1) is 0 Å². The molecule has 1 aliphatic rings. The van der Waals surface area contributed by atoms with E-state index in [9.17, 15) is 9.90 Å². The molecule has 0 saturated heterocycles. The predicted molar refractivity (Wildman–Crippen MR) is 92.9 cm³/mol. The van der Waals surface area contributed by atoms with Gasteiger partial charge in [-0.05, 0) is 18.2 Å². The van der Waals surface area contributed by atoms with Crippen molar-refractivity contribution in [1.82, 2.24) is 29.2 Å². The van der Waals surface area contributed by atoms with Gasteiger partial charge < -0.3 is 20.3 Å². The number of aromatic nitrogens is 5. The van der Waals surface area contributed by atoms with E-state index < -0.39 is 6.10 Å². The molecule has 9 nitrogen and oxygen atoms in total. The number of nitrogens with two attached hydrogens (primary N) is 1. The highest BCUT2D eigenvalue weighted by Crippen LogP contribution is 2.23. The normalized spacial score (nSPS) is 14.9. The van der Waals surface area contributed by atoms with Crippen LogP contribution < -0.4 is 5.73 Å². The molecule has 134 valence electrons. The Bertz CT molecular complexity index is 944. The van der Waals surface area contributed by atoms with Crippen molar-refractivity contribution < 1.29 is 9.90 Å². The number of hydrogen-bond donors (Lipinski definition) is 2. The molecule has 0 fully saturated rings. The summed E-state index contributed by atoms with van der Waals surface area (Å²) in [4.78, 5) is 22.5. The van der Waals surface area contributed by atoms with E-state index in [2.05, 4.69) is 15.1 Å². The average molecular weight is 353 g/mol. The Kier molecular flexibility index (Phi) is 3.92. The maximum absolute atomic E-state index is 12.6. The summed E-state index contributed by atoms with van der Waals surface area (Å²) in [5.41, 5.74) is 7.47. The summed E-state index contributed by atoms with van der Waals surface area (Å²) < 4.78 is 3.58. The number of fused-ring (bicyclic) bond motifs is 1. The predicted octanol–water partition coefficient (Wildman–Crippen LogP) is 0.331. The number of hydrogen-bond acceptors (Lipinski definition) is 6. The first-order chi connectivity index (χ1) is 12.5. The van der Waals surface area contributed by atoms with Gasteiger partial charge in [-0.25, -0.2) is 9.97 Å². The number of aliphatic hydroxyl groups excluding tert-OH is 1. The second-order valence-electron chi connectivity index (χ2n) is 6.28. The zero-order valence-corrected chi connectivity index (χ0v) is 14.3. The maximum Gasteiger partial charge on any atom is 0.255 e. The Hall–Kier alpha value is -3.20. The van der Waals surface area contributed by atoms with Crippen LogP contribution in [0.2, 0.25) is 0 Å². The summed E-state index contributed by atoms with van der Waals surface area (Å²) in [5.74, 6) is 0.809. The lowest BCUT2D eigenvalue weighted by Crippen LogP contribution is -2.38. The number of anilines is 1. The van der Waals surface area contributed by atoms with Crippen molar-refractivity contribution in [3.05, 3.63) is 59.6 Å². The van der Waals surface area contributed by atoms with Gasteiger partial charge in [0.05, 0.1) is 30.0 Å². The van der Waals surface area contributed by atoms with E-state index in [1.165, 1.54) is 6.20 Å². The third-order valence-corrected chi connectivity index (χ3v) is 4.52. The van der Waals surface area contributed by atoms with Gasteiger partial charge >= 0.3 is 0 Å². The number of carbonyl (C=O) groups excluding carboxylic acids is 1. The van der Waals surface area contributed by atoms with Gasteiger partial charge in [0, 0.05) is 32.2 Å². The highest BCUT2D eigenvalue weighted by molar-refractivity contribution is 5.94. The number of nitrogen functional groups attached to an aromatic ring is 1. The Morgan fingerprint density at radius 3 is 2.85 bits per heavy atom. The van der Waals surface area contributed by atoms with Crippen LogP contribution in [0.4, 0.5) is 5.82 Å². The van der Waals surface area contributed by atoms with Crippen LogP contribution >= 0.6 is 0 Å². The van der Waals surface area contributed by atoms with E-state index in [0.29, 0.717) is 42.5 Å². The summed E-state index contributed by atoms with van der Waals surface area (Å²) in [6.45, 7) is 1.52. The van der Waals surface area contributed by atoms with Crippen LogP contribution in [-0.4, -0.2) is 46.8 Å². The molecular formula is C17H19N7O2. The molecule has 3 N–H and O–H groups in total. The molecule has 1 aliphatic heterocycles. The number of carbonyl (C=O) groups is 1. The summed E-state index contributed by atoms with van der Waals surface area (Å²) in [6.07, 6.45) is 3.99. The first kappa shape index (κ1) is 16.3. The van der Waals surface area contributed by atoms with Gasteiger partial charge in [-0.1, -0.05) is 0 Å². The molecule has 0 bridgehead atoms. The summed E-state index contributed by atoms with van der Waals surface area (Å²) in [6, 6.07) is 5.11. The molecule has 3 aromatic heterocycles. The number of aryl methyl sites for hydroxylation is 1. The number of amides is 1. The lowest BCUT2D eigenvalue weighted by molar-refractivity contribution is 0.0705. The minimum absolute atomic E-state index is 0.101. The standard InChI is InChI=1S/C17H19N7O2/c1-22-5-4-19-16(22)15(25)13-8-12-10-23(6-7-24(12)21-13)17(26)11-2-3-14(18)20-9-11/h2-5,8-9,15,25H,6-7,10H2,1H3,(H2,18,20). The van der Waals surface area contributed by atoms with Crippen LogP contribution in [-0.2, 0) is 20.1 Å². The smallest absolute Gasteiger partial charge is 0.255 e. The van der Waals surface area contributed by atoms with Crippen molar-refractivity contribution in [2.75, 3.05) is 12.3 Å². The summed E-state index contributed by atoms with van der Waals surface area (Å²) in [7, 11) is 1.82. The zero-order valence-electron chi connectivity index (χ0n) is 14.3. The molecule has 0 aliphatic carbocycles. The van der Waals surface area contributed by atoms with Crippen molar-refractivity contribution in [3.8, 4) is 0 Å². The second kappa shape index (κ2) is 6.26. The zero-order chi connectivity index (χ0) is 18.3. The van der Waals surface area contributed by atoms with Crippen molar-refractivity contribution in [2.24, 2.45) is 7.05 Å². The molecule has 0 radical (unpaired) electrons. The SMILES string of the molecule is Cn1ccnc1C(O)c1cc2n(n1)CCN(C(=O)c1ccc(N)nc1)C2. The van der Waals surface area contributed by atoms with Crippen LogP contribution in [0.25, 0.3) is 0 Å². The molecule has 0 aromatic carbocycles. The highest BCUT2D eigenvalue weighted by atomic mass is 16.3. The van der Waals surface area contributed by atoms with Crippen molar-refractivity contribution in [3.63, 3.8) is 0 Å². The quantitative estimate of drug-likeness (QED) is 0.701. The Morgan fingerprint density at radius 2 is 2.15 bits per heavy atom. The fourth-order valence-electron chi connectivity index (χ4n) is 3.08. The molecule has 26 heavy (non-hydrogen) atoms. The largest absolute Gasteiger partial charge is 0.384 e. The van der Waals surface area contributed by atoms with Crippen molar-refractivity contribution in [1.29, 1.82) is 0 Å². The van der Waals surface area contributed by atoms with Crippen LogP contribution in [0.15, 0.2) is 36.8 Å². The van der Waals surface area contributed by atoms with E-state index in [1.807, 2.05) is 17.8 Å². The lowest BCUT2D eigenvalue weighted by atomic mass is 10.2. The fourth-order valence-corrected chi connectivity index (χ4v) is 3.08. The van der Waals surface area contributed by atoms with Crippen LogP contribution in [0.3, 0.4) is 0 Å². The Morgan fingerprint density at radius 1 is 1.31 bits per heavy atom. The van der Waals surface area contributed by atoms with Gasteiger partial charge in [0.2, 0.25) is 0 Å². The second-order valence-corrected chi connectivity index (χ2v) is 6.28. The minimum atomic E-state index is -0.904. The first-order valence-corrected chi connectivity index (χ1v) is 8.25. The number of nitrogens with zero attached hydrogens (tertiary/aromatic N) is 6. The van der Waals surface area contributed by atoms with Crippen LogP contribution in [0.1, 0.15) is 33.7 Å². The number of pyridine rings is 1. The van der Waals surface area contributed by atoms with Gasteiger partial charge in [0.1, 0.15) is 11.6 Å². The van der Waals surface area contributed by atoms with E-state index in [4.69, 9.17) is 5.73 Å². The molecule has 9 heteroatoms. The molecule has 1 unspecified atom stereocenters. The third-order valence-electron chi connectivity index (χ3n) is 4.52. The summed E-state index contributed by atoms with van der Waals surface area (Å²) >= 11 is 0. The van der Waals surface area contributed by atoms with E-state index in [-0.39, 0.29) is 5.91 Å². The Labute approximate surface area is 149 Å². The fraction of sp³-hybridized carbons (Fsp3) is 0.294. The maximum atomic E-state index is 12.6. The monoisotopic (exact) mass is 353 g/mol. The van der Waals surface area contributed by atoms with Crippen LogP contribution in [0, 0.1) is 0 Å². The molecule has 3 aromatic rings. The molecule has 0 spiro atoms. The van der Waals surface area contributed by atoms with Crippen LogP contribution in [0.5, 0.6) is 0 Å². The van der Waals surface area contributed by atoms with E-state index in [0.717, 1.165) is 5.69 Å². The van der Waals surface area contributed by atoms with Gasteiger partial charge in [0.15, 0.2) is 6.10 Å². The molecule has 4 heterocycles. The molecule has 1 atom stereocenters. The number of rotatable bonds is 3. The Balaban J connectivity index is 1.54.